The number of ether oxygens (including phenoxy) is 2. The highest BCUT2D eigenvalue weighted by molar-refractivity contribution is 9.10. The van der Waals surface area contributed by atoms with Crippen LogP contribution in [0.5, 0.6) is 11.5 Å². The Labute approximate surface area is 156 Å². The van der Waals surface area contributed by atoms with Gasteiger partial charge in [0.15, 0.2) is 11.5 Å². The van der Waals surface area contributed by atoms with Gasteiger partial charge in [0.25, 0.3) is 0 Å². The normalized spacial score (nSPS) is 10.3. The zero-order valence-electron chi connectivity index (χ0n) is 14.0. The number of rotatable bonds is 7. The average Bonchev–Trinajstić information content (AvgIpc) is 2.66. The summed E-state index contributed by atoms with van der Waals surface area (Å²) >= 11 is 3.55. The van der Waals surface area contributed by atoms with Crippen LogP contribution >= 0.6 is 15.9 Å². The molecular formula is C21H20BrNO2. The monoisotopic (exact) mass is 397 g/mol. The number of hydrogen-bond donors (Lipinski definition) is 1. The van der Waals surface area contributed by atoms with Gasteiger partial charge in [-0.15, -0.1) is 0 Å². The molecule has 4 heteroatoms. The van der Waals surface area contributed by atoms with Crippen LogP contribution in [-0.2, 0) is 13.2 Å². The quantitative estimate of drug-likeness (QED) is 0.558. The summed E-state index contributed by atoms with van der Waals surface area (Å²) in [5.41, 5.74) is 3.22. The third-order valence-electron chi connectivity index (χ3n) is 3.80. The molecule has 3 rings (SSSR count). The Kier molecular flexibility index (Phi) is 5.96. The molecule has 0 amide bonds. The molecule has 0 atom stereocenters. The number of anilines is 1. The Morgan fingerprint density at radius 3 is 2.28 bits per heavy atom. The van der Waals surface area contributed by atoms with E-state index in [1.54, 1.807) is 7.11 Å². The van der Waals surface area contributed by atoms with Gasteiger partial charge in [-0.05, 0) is 29.8 Å². The Bertz CT molecular complexity index is 807. The van der Waals surface area contributed by atoms with Crippen LogP contribution in [0.4, 0.5) is 5.69 Å². The van der Waals surface area contributed by atoms with Crippen LogP contribution in [0.1, 0.15) is 11.1 Å². The summed E-state index contributed by atoms with van der Waals surface area (Å²) in [6, 6.07) is 24.2. The molecule has 3 aromatic rings. The van der Waals surface area contributed by atoms with Gasteiger partial charge in [0, 0.05) is 22.3 Å². The largest absolute Gasteiger partial charge is 0.493 e. The molecule has 3 nitrogen and oxygen atoms in total. The molecule has 0 heterocycles. The molecule has 0 fully saturated rings. The molecule has 0 bridgehead atoms. The first-order valence-electron chi connectivity index (χ1n) is 8.08. The van der Waals surface area contributed by atoms with E-state index in [1.807, 2.05) is 66.7 Å². The summed E-state index contributed by atoms with van der Waals surface area (Å²) in [6.07, 6.45) is 0. The van der Waals surface area contributed by atoms with Gasteiger partial charge in [0.1, 0.15) is 6.61 Å². The molecule has 1 N–H and O–H groups in total. The van der Waals surface area contributed by atoms with Gasteiger partial charge < -0.3 is 14.8 Å². The first kappa shape index (κ1) is 17.4. The van der Waals surface area contributed by atoms with E-state index in [2.05, 4.69) is 27.3 Å². The van der Waals surface area contributed by atoms with Crippen molar-refractivity contribution in [3.05, 3.63) is 88.4 Å². The van der Waals surface area contributed by atoms with Crippen molar-refractivity contribution in [1.82, 2.24) is 0 Å². The third-order valence-corrected chi connectivity index (χ3v) is 4.26. The van der Waals surface area contributed by atoms with Crippen molar-refractivity contribution in [2.75, 3.05) is 12.4 Å². The Balaban J connectivity index is 1.81. The highest BCUT2D eigenvalue weighted by atomic mass is 79.9. The van der Waals surface area contributed by atoms with Gasteiger partial charge in [-0.2, -0.15) is 0 Å². The highest BCUT2D eigenvalue weighted by Crippen LogP contribution is 2.36. The van der Waals surface area contributed by atoms with Crippen LogP contribution in [0.3, 0.4) is 0 Å². The summed E-state index contributed by atoms with van der Waals surface area (Å²) in [6.45, 7) is 1.14. The zero-order chi connectivity index (χ0) is 17.5. The van der Waals surface area contributed by atoms with E-state index in [0.717, 1.165) is 32.8 Å². The number of benzene rings is 3. The van der Waals surface area contributed by atoms with Crippen molar-refractivity contribution in [3.63, 3.8) is 0 Å². The number of nitrogens with one attached hydrogen (secondary N) is 1. The minimum atomic E-state index is 0.497. The van der Waals surface area contributed by atoms with Crippen molar-refractivity contribution in [2.45, 2.75) is 13.2 Å². The zero-order valence-corrected chi connectivity index (χ0v) is 15.6. The van der Waals surface area contributed by atoms with Gasteiger partial charge in [0.05, 0.1) is 7.11 Å². The van der Waals surface area contributed by atoms with Gasteiger partial charge in [-0.3, -0.25) is 0 Å². The lowest BCUT2D eigenvalue weighted by Crippen LogP contribution is -2.05. The molecular weight excluding hydrogens is 378 g/mol. The molecule has 0 saturated carbocycles. The van der Waals surface area contributed by atoms with Crippen molar-refractivity contribution >= 4 is 21.6 Å². The Hall–Kier alpha value is -2.46. The number of methoxy groups -OCH3 is 1. The second-order valence-corrected chi connectivity index (χ2v) is 6.51. The van der Waals surface area contributed by atoms with Gasteiger partial charge in [-0.1, -0.05) is 64.5 Å². The fourth-order valence-electron chi connectivity index (χ4n) is 2.55. The van der Waals surface area contributed by atoms with E-state index < -0.39 is 0 Å². The van der Waals surface area contributed by atoms with Gasteiger partial charge >= 0.3 is 0 Å². The standard InChI is InChI=1S/C21H20BrNO2/c1-24-20-13-18(22)12-17(14-23-19-10-6-3-7-11-19)21(20)25-15-16-8-4-2-5-9-16/h2-13,23H,14-15H2,1H3. The lowest BCUT2D eigenvalue weighted by Gasteiger charge is -2.17. The fourth-order valence-corrected chi connectivity index (χ4v) is 3.04. The number of hydrogen-bond acceptors (Lipinski definition) is 3. The maximum atomic E-state index is 6.10. The van der Waals surface area contributed by atoms with Gasteiger partial charge in [0.2, 0.25) is 0 Å². The third kappa shape index (κ3) is 4.77. The molecule has 0 aliphatic rings. The Morgan fingerprint density at radius 1 is 0.920 bits per heavy atom. The van der Waals surface area contributed by atoms with E-state index in [9.17, 15) is 0 Å². The van der Waals surface area contributed by atoms with E-state index >= 15 is 0 Å². The van der Waals surface area contributed by atoms with Crippen molar-refractivity contribution in [1.29, 1.82) is 0 Å². The first-order valence-corrected chi connectivity index (χ1v) is 8.87. The molecule has 0 aliphatic heterocycles. The summed E-state index contributed by atoms with van der Waals surface area (Å²) in [4.78, 5) is 0. The van der Waals surface area contributed by atoms with Crippen molar-refractivity contribution in [3.8, 4) is 11.5 Å². The fraction of sp³-hybridized carbons (Fsp3) is 0.143. The molecule has 0 aliphatic carbocycles. The number of halogens is 1. The first-order chi connectivity index (χ1) is 12.3. The van der Waals surface area contributed by atoms with Crippen LogP contribution in [0, 0.1) is 0 Å². The predicted molar refractivity (Wildman–Crippen MR) is 105 cm³/mol. The van der Waals surface area contributed by atoms with Crippen LogP contribution in [0.15, 0.2) is 77.3 Å². The SMILES string of the molecule is COc1cc(Br)cc(CNc2ccccc2)c1OCc1ccccc1. The highest BCUT2D eigenvalue weighted by Gasteiger charge is 2.13. The van der Waals surface area contributed by atoms with Gasteiger partial charge in [-0.25, -0.2) is 0 Å². The molecule has 0 aromatic heterocycles. The second kappa shape index (κ2) is 8.58. The topological polar surface area (TPSA) is 30.5 Å². The van der Waals surface area contributed by atoms with Crippen LogP contribution in [-0.4, -0.2) is 7.11 Å². The number of para-hydroxylation sites is 1. The average molecular weight is 398 g/mol. The molecule has 0 spiro atoms. The van der Waals surface area contributed by atoms with Crippen LogP contribution < -0.4 is 14.8 Å². The van der Waals surface area contributed by atoms with Crippen LogP contribution in [0.2, 0.25) is 0 Å². The summed E-state index contributed by atoms with van der Waals surface area (Å²) in [7, 11) is 1.66. The summed E-state index contributed by atoms with van der Waals surface area (Å²) < 4.78 is 12.6. The summed E-state index contributed by atoms with van der Waals surface area (Å²) in [5, 5.41) is 3.42. The smallest absolute Gasteiger partial charge is 0.166 e. The molecule has 128 valence electrons. The molecule has 0 unspecified atom stereocenters. The van der Waals surface area contributed by atoms with Crippen molar-refractivity contribution < 1.29 is 9.47 Å². The summed E-state index contributed by atoms with van der Waals surface area (Å²) in [5.74, 6) is 1.48. The minimum absolute atomic E-state index is 0.497. The predicted octanol–water partition coefficient (Wildman–Crippen LogP) is 5.65. The Morgan fingerprint density at radius 2 is 1.60 bits per heavy atom. The van der Waals surface area contributed by atoms with Crippen molar-refractivity contribution in [2.24, 2.45) is 0 Å². The molecule has 0 radical (unpaired) electrons. The maximum absolute atomic E-state index is 6.10. The minimum Gasteiger partial charge on any atom is -0.493 e. The maximum Gasteiger partial charge on any atom is 0.166 e. The van der Waals surface area contributed by atoms with E-state index in [4.69, 9.17) is 9.47 Å². The second-order valence-electron chi connectivity index (χ2n) is 5.59. The van der Waals surface area contributed by atoms with E-state index in [1.165, 1.54) is 0 Å². The molecule has 0 saturated heterocycles. The lowest BCUT2D eigenvalue weighted by atomic mass is 10.1. The molecule has 3 aromatic carbocycles. The van der Waals surface area contributed by atoms with E-state index in [0.29, 0.717) is 13.2 Å². The lowest BCUT2D eigenvalue weighted by molar-refractivity contribution is 0.281. The van der Waals surface area contributed by atoms with E-state index in [-0.39, 0.29) is 0 Å². The van der Waals surface area contributed by atoms with Crippen LogP contribution in [0.25, 0.3) is 0 Å². The molecule has 25 heavy (non-hydrogen) atoms.